The van der Waals surface area contributed by atoms with Gasteiger partial charge < -0.3 is 5.32 Å². The smallest absolute Gasteiger partial charge is 0.147 e. The van der Waals surface area contributed by atoms with E-state index >= 15 is 0 Å². The van der Waals surface area contributed by atoms with Crippen molar-refractivity contribution in [1.82, 2.24) is 0 Å². The Hall–Kier alpha value is -1.54. The Morgan fingerprint density at radius 3 is 2.45 bits per heavy atom. The normalized spacial score (nSPS) is 12.2. The number of hydrogen-bond donors (Lipinski definition) is 1. The van der Waals surface area contributed by atoms with E-state index in [0.717, 1.165) is 18.4 Å². The summed E-state index contributed by atoms with van der Waals surface area (Å²) >= 11 is 5.75. The minimum Gasteiger partial charge on any atom is -0.376 e. The molecule has 2 aromatic carbocycles. The van der Waals surface area contributed by atoms with Crippen molar-refractivity contribution in [2.45, 2.75) is 32.7 Å². The van der Waals surface area contributed by atoms with E-state index in [9.17, 15) is 4.39 Å². The van der Waals surface area contributed by atoms with Crippen molar-refractivity contribution in [3.05, 3.63) is 64.4 Å². The van der Waals surface area contributed by atoms with Crippen LogP contribution in [-0.2, 0) is 6.42 Å². The third-order valence-corrected chi connectivity index (χ3v) is 3.56. The summed E-state index contributed by atoms with van der Waals surface area (Å²) in [6.45, 7) is 4.18. The first-order valence-electron chi connectivity index (χ1n) is 6.90. The third-order valence-electron chi connectivity index (χ3n) is 3.32. The summed E-state index contributed by atoms with van der Waals surface area (Å²) in [5, 5.41) is 3.58. The third kappa shape index (κ3) is 3.73. The highest BCUT2D eigenvalue weighted by Gasteiger charge is 2.09. The van der Waals surface area contributed by atoms with E-state index in [-0.39, 0.29) is 11.9 Å². The van der Waals surface area contributed by atoms with E-state index < -0.39 is 0 Å². The fraction of sp³-hybridized carbons (Fsp3) is 0.294. The molecule has 0 aliphatic carbocycles. The van der Waals surface area contributed by atoms with Crippen molar-refractivity contribution in [3.63, 3.8) is 0 Å². The molecule has 0 heterocycles. The van der Waals surface area contributed by atoms with Crippen molar-refractivity contribution >= 4 is 17.3 Å². The molecule has 0 aliphatic heterocycles. The lowest BCUT2D eigenvalue weighted by Crippen LogP contribution is -2.08. The maximum atomic E-state index is 13.7. The lowest BCUT2D eigenvalue weighted by molar-refractivity contribution is 0.627. The SMILES string of the molecule is CCCc1ccc(C(C)Nc2ccc(Cl)cc2F)cc1. The topological polar surface area (TPSA) is 12.0 Å². The van der Waals surface area contributed by atoms with Crippen molar-refractivity contribution in [1.29, 1.82) is 0 Å². The molecular weight excluding hydrogens is 273 g/mol. The van der Waals surface area contributed by atoms with E-state index in [2.05, 4.69) is 36.5 Å². The zero-order valence-corrected chi connectivity index (χ0v) is 12.5. The van der Waals surface area contributed by atoms with Gasteiger partial charge in [-0.1, -0.05) is 49.2 Å². The highest BCUT2D eigenvalue weighted by molar-refractivity contribution is 6.30. The van der Waals surface area contributed by atoms with Crippen LogP contribution in [0.3, 0.4) is 0 Å². The first kappa shape index (κ1) is 14.9. The molecule has 2 rings (SSSR count). The summed E-state index contributed by atoms with van der Waals surface area (Å²) in [6.07, 6.45) is 2.23. The molecule has 1 nitrogen and oxygen atoms in total. The van der Waals surface area contributed by atoms with Crippen LogP contribution >= 0.6 is 11.6 Å². The van der Waals surface area contributed by atoms with Crippen LogP contribution in [0.5, 0.6) is 0 Å². The molecule has 1 unspecified atom stereocenters. The maximum Gasteiger partial charge on any atom is 0.147 e. The molecule has 0 aromatic heterocycles. The average molecular weight is 292 g/mol. The summed E-state index contributed by atoms with van der Waals surface area (Å²) < 4.78 is 13.7. The fourth-order valence-corrected chi connectivity index (χ4v) is 2.34. The fourth-order valence-electron chi connectivity index (χ4n) is 2.18. The van der Waals surface area contributed by atoms with Gasteiger partial charge in [0.2, 0.25) is 0 Å². The molecule has 0 saturated carbocycles. The number of aryl methyl sites for hydroxylation is 1. The molecule has 1 atom stereocenters. The van der Waals surface area contributed by atoms with Crippen LogP contribution in [0.4, 0.5) is 10.1 Å². The maximum absolute atomic E-state index is 13.7. The molecule has 3 heteroatoms. The standard InChI is InChI=1S/C17H19ClFN/c1-3-4-13-5-7-14(8-6-13)12(2)20-17-10-9-15(18)11-16(17)19/h5-12,20H,3-4H2,1-2H3. The summed E-state index contributed by atoms with van der Waals surface area (Å²) in [4.78, 5) is 0. The highest BCUT2D eigenvalue weighted by Crippen LogP contribution is 2.24. The molecule has 0 radical (unpaired) electrons. The summed E-state index contributed by atoms with van der Waals surface area (Å²) in [5.41, 5.74) is 2.94. The number of nitrogens with one attached hydrogen (secondary N) is 1. The Kier molecular flexibility index (Phi) is 5.02. The van der Waals surface area contributed by atoms with Crippen LogP contribution in [0.25, 0.3) is 0 Å². The van der Waals surface area contributed by atoms with Gasteiger partial charge in [-0.15, -0.1) is 0 Å². The quantitative estimate of drug-likeness (QED) is 0.755. The highest BCUT2D eigenvalue weighted by atomic mass is 35.5. The second-order valence-electron chi connectivity index (χ2n) is 4.98. The molecule has 0 fully saturated rings. The number of hydrogen-bond acceptors (Lipinski definition) is 1. The van der Waals surface area contributed by atoms with Crippen molar-refractivity contribution < 1.29 is 4.39 Å². The van der Waals surface area contributed by atoms with Gasteiger partial charge >= 0.3 is 0 Å². The van der Waals surface area contributed by atoms with Crippen molar-refractivity contribution in [2.24, 2.45) is 0 Å². The van der Waals surface area contributed by atoms with Crippen LogP contribution in [0.2, 0.25) is 5.02 Å². The molecular formula is C17H19ClFN. The first-order chi connectivity index (χ1) is 9.60. The van der Waals surface area contributed by atoms with Gasteiger partial charge in [-0.3, -0.25) is 0 Å². The van der Waals surface area contributed by atoms with Gasteiger partial charge in [0.1, 0.15) is 5.82 Å². The van der Waals surface area contributed by atoms with Crippen molar-refractivity contribution in [3.8, 4) is 0 Å². The molecule has 0 saturated heterocycles. The summed E-state index contributed by atoms with van der Waals surface area (Å²) in [7, 11) is 0. The Morgan fingerprint density at radius 1 is 1.15 bits per heavy atom. The zero-order chi connectivity index (χ0) is 14.5. The Labute approximate surface area is 124 Å². The van der Waals surface area contributed by atoms with Gasteiger partial charge in [0, 0.05) is 11.1 Å². The molecule has 106 valence electrons. The predicted molar refractivity (Wildman–Crippen MR) is 83.9 cm³/mol. The van der Waals surface area contributed by atoms with E-state index in [1.165, 1.54) is 11.6 Å². The summed E-state index contributed by atoms with van der Waals surface area (Å²) in [5.74, 6) is -0.327. The number of halogens is 2. The molecule has 20 heavy (non-hydrogen) atoms. The Balaban J connectivity index is 2.09. The second kappa shape index (κ2) is 6.76. The van der Waals surface area contributed by atoms with Gasteiger partial charge in [-0.25, -0.2) is 4.39 Å². The lowest BCUT2D eigenvalue weighted by Gasteiger charge is -2.17. The largest absolute Gasteiger partial charge is 0.376 e. The molecule has 0 amide bonds. The van der Waals surface area contributed by atoms with Crippen LogP contribution in [-0.4, -0.2) is 0 Å². The molecule has 0 bridgehead atoms. The number of rotatable bonds is 5. The van der Waals surface area contributed by atoms with Gasteiger partial charge in [0.25, 0.3) is 0 Å². The zero-order valence-electron chi connectivity index (χ0n) is 11.8. The molecule has 2 aromatic rings. The van der Waals surface area contributed by atoms with Crippen LogP contribution in [0, 0.1) is 5.82 Å². The lowest BCUT2D eigenvalue weighted by atomic mass is 10.0. The first-order valence-corrected chi connectivity index (χ1v) is 7.28. The van der Waals surface area contributed by atoms with Gasteiger partial charge in [-0.05, 0) is 42.7 Å². The van der Waals surface area contributed by atoms with Crippen molar-refractivity contribution in [2.75, 3.05) is 5.32 Å². The Morgan fingerprint density at radius 2 is 1.85 bits per heavy atom. The minimum atomic E-state index is -0.327. The molecule has 0 spiro atoms. The van der Waals surface area contributed by atoms with Gasteiger partial charge in [0.05, 0.1) is 5.69 Å². The van der Waals surface area contributed by atoms with Gasteiger partial charge in [0.15, 0.2) is 0 Å². The van der Waals surface area contributed by atoms with E-state index in [1.807, 2.05) is 6.92 Å². The van der Waals surface area contributed by atoms with Crippen LogP contribution in [0.15, 0.2) is 42.5 Å². The summed E-state index contributed by atoms with van der Waals surface area (Å²) in [6, 6.07) is 13.2. The number of benzene rings is 2. The average Bonchev–Trinajstić information content (AvgIpc) is 2.43. The molecule has 0 aliphatic rings. The van der Waals surface area contributed by atoms with E-state index in [1.54, 1.807) is 12.1 Å². The predicted octanol–water partition coefficient (Wildman–Crippen LogP) is 5.60. The van der Waals surface area contributed by atoms with E-state index in [0.29, 0.717) is 10.7 Å². The van der Waals surface area contributed by atoms with Gasteiger partial charge in [-0.2, -0.15) is 0 Å². The Bertz CT molecular complexity index is 566. The monoisotopic (exact) mass is 291 g/mol. The number of anilines is 1. The molecule has 1 N–H and O–H groups in total. The van der Waals surface area contributed by atoms with Crippen LogP contribution < -0.4 is 5.32 Å². The van der Waals surface area contributed by atoms with E-state index in [4.69, 9.17) is 11.6 Å². The minimum absolute atomic E-state index is 0.0429. The second-order valence-corrected chi connectivity index (χ2v) is 5.42. The van der Waals surface area contributed by atoms with Crippen LogP contribution in [0.1, 0.15) is 37.4 Å².